The van der Waals surface area contributed by atoms with Gasteiger partial charge in [0.05, 0.1) is 11.7 Å². The molecular formula is C15H27N3O2. The average Bonchev–Trinajstić information content (AvgIpc) is 2.77. The maximum Gasteiger partial charge on any atom is 0.323 e. The second-order valence-corrected chi connectivity index (χ2v) is 6.10. The van der Waals surface area contributed by atoms with Crippen LogP contribution in [0.4, 0.5) is 0 Å². The van der Waals surface area contributed by atoms with Gasteiger partial charge in [-0.05, 0) is 39.7 Å². The zero-order valence-electron chi connectivity index (χ0n) is 13.2. The van der Waals surface area contributed by atoms with E-state index in [2.05, 4.69) is 18.9 Å². The van der Waals surface area contributed by atoms with Crippen molar-refractivity contribution in [3.05, 3.63) is 18.0 Å². The summed E-state index contributed by atoms with van der Waals surface area (Å²) in [5, 5.41) is 4.50. The number of esters is 1. The fraction of sp³-hybridized carbons (Fsp3) is 0.733. The highest BCUT2D eigenvalue weighted by Crippen LogP contribution is 2.15. The molecule has 0 aliphatic carbocycles. The van der Waals surface area contributed by atoms with Crippen molar-refractivity contribution in [3.8, 4) is 0 Å². The predicted molar refractivity (Wildman–Crippen MR) is 79.4 cm³/mol. The van der Waals surface area contributed by atoms with Gasteiger partial charge in [0.1, 0.15) is 11.6 Å². The summed E-state index contributed by atoms with van der Waals surface area (Å²) in [5.41, 5.74) is 6.20. The van der Waals surface area contributed by atoms with Gasteiger partial charge in [-0.3, -0.25) is 9.48 Å². The van der Waals surface area contributed by atoms with Crippen LogP contribution in [-0.2, 0) is 16.0 Å². The van der Waals surface area contributed by atoms with E-state index in [1.807, 2.05) is 37.7 Å². The average molecular weight is 281 g/mol. The topological polar surface area (TPSA) is 70.1 Å². The lowest BCUT2D eigenvalue weighted by Gasteiger charge is -2.21. The highest BCUT2D eigenvalue weighted by Gasteiger charge is 2.23. The van der Waals surface area contributed by atoms with Crippen molar-refractivity contribution < 1.29 is 9.53 Å². The van der Waals surface area contributed by atoms with E-state index in [0.717, 1.165) is 18.5 Å². The summed E-state index contributed by atoms with van der Waals surface area (Å²) in [7, 11) is 0. The summed E-state index contributed by atoms with van der Waals surface area (Å²) in [4.78, 5) is 11.8. The largest absolute Gasteiger partial charge is 0.459 e. The Bertz CT molecular complexity index is 431. The van der Waals surface area contributed by atoms with Gasteiger partial charge in [0.25, 0.3) is 0 Å². The molecule has 0 amide bonds. The Balaban J connectivity index is 2.63. The number of hydrogen-bond donors (Lipinski definition) is 1. The van der Waals surface area contributed by atoms with Crippen LogP contribution in [0.2, 0.25) is 0 Å². The molecule has 0 fully saturated rings. The minimum atomic E-state index is -0.667. The lowest BCUT2D eigenvalue weighted by Crippen LogP contribution is -2.38. The number of rotatable bonds is 6. The van der Waals surface area contributed by atoms with E-state index < -0.39 is 11.6 Å². The molecule has 0 aromatic carbocycles. The third-order valence-corrected chi connectivity index (χ3v) is 3.12. The first-order valence-electron chi connectivity index (χ1n) is 7.29. The van der Waals surface area contributed by atoms with Crippen LogP contribution in [-0.4, -0.2) is 27.4 Å². The normalized spacial score (nSPS) is 13.6. The first kappa shape index (κ1) is 16.7. The zero-order valence-corrected chi connectivity index (χ0v) is 13.2. The molecule has 1 unspecified atom stereocenters. The molecule has 0 radical (unpaired) electrons. The number of carbonyl (C=O) groups is 1. The summed E-state index contributed by atoms with van der Waals surface area (Å²) in [6, 6.07) is 1.66. The second kappa shape index (κ2) is 6.88. The molecule has 0 bridgehead atoms. The molecule has 5 nitrogen and oxygen atoms in total. The Morgan fingerprint density at radius 2 is 2.00 bits per heavy atom. The number of nitrogens with two attached hydrogens (primary N) is 1. The third-order valence-electron chi connectivity index (χ3n) is 3.12. The Morgan fingerprint density at radius 3 is 2.50 bits per heavy atom. The van der Waals surface area contributed by atoms with Gasteiger partial charge in [-0.25, -0.2) is 0 Å². The molecule has 1 rings (SSSR count). The number of carbonyl (C=O) groups excluding carboxylic acids is 1. The molecule has 5 heteroatoms. The molecule has 0 saturated carbocycles. The Labute approximate surface area is 121 Å². The number of nitrogens with zero attached hydrogens (tertiary/aromatic N) is 2. The minimum Gasteiger partial charge on any atom is -0.459 e. The van der Waals surface area contributed by atoms with Gasteiger partial charge in [-0.1, -0.05) is 13.8 Å². The van der Waals surface area contributed by atoms with Crippen molar-refractivity contribution in [1.82, 2.24) is 9.78 Å². The zero-order chi connectivity index (χ0) is 15.3. The smallest absolute Gasteiger partial charge is 0.323 e. The van der Waals surface area contributed by atoms with Gasteiger partial charge in [0.2, 0.25) is 0 Å². The van der Waals surface area contributed by atoms with E-state index in [1.165, 1.54) is 0 Å². The molecule has 114 valence electrons. The van der Waals surface area contributed by atoms with Gasteiger partial charge in [0, 0.05) is 12.6 Å². The van der Waals surface area contributed by atoms with Crippen LogP contribution in [0.1, 0.15) is 59.2 Å². The van der Waals surface area contributed by atoms with Crippen molar-refractivity contribution in [1.29, 1.82) is 0 Å². The molecule has 1 heterocycles. The van der Waals surface area contributed by atoms with E-state index in [1.54, 1.807) is 0 Å². The van der Waals surface area contributed by atoms with E-state index in [9.17, 15) is 4.79 Å². The number of hydrogen-bond acceptors (Lipinski definition) is 4. The van der Waals surface area contributed by atoms with Crippen LogP contribution < -0.4 is 5.73 Å². The lowest BCUT2D eigenvalue weighted by molar-refractivity contribution is -0.156. The standard InChI is InChI=1S/C15H27N3O2/c1-6-12(7-2)18-9-8-11(17-18)10-13(16)14(19)20-15(3,4)5/h8-9,12-13H,6-7,10,16H2,1-5H3. The van der Waals surface area contributed by atoms with E-state index in [0.29, 0.717) is 12.5 Å². The third kappa shape index (κ3) is 4.96. The van der Waals surface area contributed by atoms with Crippen LogP contribution in [0, 0.1) is 0 Å². The summed E-state index contributed by atoms with van der Waals surface area (Å²) >= 11 is 0. The summed E-state index contributed by atoms with van der Waals surface area (Å²) in [6.45, 7) is 9.78. The summed E-state index contributed by atoms with van der Waals surface area (Å²) in [6.07, 6.45) is 4.43. The molecule has 2 N–H and O–H groups in total. The lowest BCUT2D eigenvalue weighted by atomic mass is 10.1. The first-order chi connectivity index (χ1) is 9.26. The van der Waals surface area contributed by atoms with Crippen LogP contribution in [0.5, 0.6) is 0 Å². The van der Waals surface area contributed by atoms with Gasteiger partial charge >= 0.3 is 5.97 Å². The van der Waals surface area contributed by atoms with Crippen LogP contribution in [0.25, 0.3) is 0 Å². The molecule has 0 spiro atoms. The Hall–Kier alpha value is -1.36. The second-order valence-electron chi connectivity index (χ2n) is 6.10. The fourth-order valence-corrected chi connectivity index (χ4v) is 2.04. The summed E-state index contributed by atoms with van der Waals surface area (Å²) < 4.78 is 7.23. The highest BCUT2D eigenvalue weighted by molar-refractivity contribution is 5.76. The first-order valence-corrected chi connectivity index (χ1v) is 7.29. The Kier molecular flexibility index (Phi) is 5.74. The minimum absolute atomic E-state index is 0.380. The molecule has 0 aliphatic heterocycles. The molecule has 1 aromatic rings. The van der Waals surface area contributed by atoms with Gasteiger partial charge in [-0.15, -0.1) is 0 Å². The quantitative estimate of drug-likeness (QED) is 0.813. The van der Waals surface area contributed by atoms with E-state index in [-0.39, 0.29) is 5.97 Å². The van der Waals surface area contributed by atoms with Crippen molar-refractivity contribution in [2.24, 2.45) is 5.73 Å². The van der Waals surface area contributed by atoms with Crippen molar-refractivity contribution in [2.45, 2.75) is 71.6 Å². The van der Waals surface area contributed by atoms with Crippen molar-refractivity contribution >= 4 is 5.97 Å². The molecule has 0 aliphatic rings. The SMILES string of the molecule is CCC(CC)n1ccc(CC(N)C(=O)OC(C)(C)C)n1. The molecule has 0 saturated heterocycles. The van der Waals surface area contributed by atoms with Gasteiger partial charge < -0.3 is 10.5 Å². The van der Waals surface area contributed by atoms with Gasteiger partial charge in [0.15, 0.2) is 0 Å². The highest BCUT2D eigenvalue weighted by atomic mass is 16.6. The van der Waals surface area contributed by atoms with Crippen molar-refractivity contribution in [3.63, 3.8) is 0 Å². The van der Waals surface area contributed by atoms with Crippen molar-refractivity contribution in [2.75, 3.05) is 0 Å². The van der Waals surface area contributed by atoms with Crippen LogP contribution in [0.15, 0.2) is 12.3 Å². The number of ether oxygens (including phenoxy) is 1. The van der Waals surface area contributed by atoms with Gasteiger partial charge in [-0.2, -0.15) is 5.10 Å². The fourth-order valence-electron chi connectivity index (χ4n) is 2.04. The van der Waals surface area contributed by atoms with Crippen LogP contribution in [0.3, 0.4) is 0 Å². The van der Waals surface area contributed by atoms with E-state index in [4.69, 9.17) is 10.5 Å². The monoisotopic (exact) mass is 281 g/mol. The molecule has 20 heavy (non-hydrogen) atoms. The summed E-state index contributed by atoms with van der Waals surface area (Å²) in [5.74, 6) is -0.380. The molecule has 1 atom stereocenters. The Morgan fingerprint density at radius 1 is 1.40 bits per heavy atom. The predicted octanol–water partition coefficient (Wildman–Crippen LogP) is 2.46. The van der Waals surface area contributed by atoms with E-state index >= 15 is 0 Å². The maximum atomic E-state index is 11.8. The molecule has 1 aromatic heterocycles. The molecular weight excluding hydrogens is 254 g/mol. The van der Waals surface area contributed by atoms with Crippen LogP contribution >= 0.6 is 0 Å². The maximum absolute atomic E-state index is 11.8. The number of aromatic nitrogens is 2.